The summed E-state index contributed by atoms with van der Waals surface area (Å²) in [6, 6.07) is 13.4. The Morgan fingerprint density at radius 2 is 1.92 bits per heavy atom. The molecule has 0 unspecified atom stereocenters. The summed E-state index contributed by atoms with van der Waals surface area (Å²) in [7, 11) is 0. The Bertz CT molecular complexity index is 1210. The fourth-order valence-electron chi connectivity index (χ4n) is 4.35. The number of nitrogens with zero attached hydrogens (tertiary/aromatic N) is 3. The summed E-state index contributed by atoms with van der Waals surface area (Å²) in [5, 5.41) is 7.71. The molecule has 2 aromatic carbocycles. The number of hydrogen-bond acceptors (Lipinski definition) is 8. The van der Waals surface area contributed by atoms with Crippen LogP contribution in [0.25, 0.3) is 11.3 Å². The number of aromatic nitrogens is 1. The van der Waals surface area contributed by atoms with E-state index in [1.807, 2.05) is 30.3 Å². The fraction of sp³-hybridized carbons (Fsp3) is 0.385. The highest BCUT2D eigenvalue weighted by atomic mass is 35.5. The molecular weight excluding hydrogens is 484 g/mol. The third-order valence-electron chi connectivity index (χ3n) is 6.33. The van der Waals surface area contributed by atoms with Crippen molar-refractivity contribution in [3.05, 3.63) is 58.7 Å². The molecular formula is C26H29ClN4O5. The molecule has 36 heavy (non-hydrogen) atoms. The lowest BCUT2D eigenvalue weighted by Crippen LogP contribution is -2.48. The first-order chi connectivity index (χ1) is 17.5. The Morgan fingerprint density at radius 1 is 1.08 bits per heavy atom. The van der Waals surface area contributed by atoms with Crippen LogP contribution < -0.4 is 19.7 Å². The van der Waals surface area contributed by atoms with Gasteiger partial charge in [-0.25, -0.2) is 0 Å². The minimum absolute atomic E-state index is 0.0337. The predicted octanol–water partition coefficient (Wildman–Crippen LogP) is 3.49. The first-order valence-corrected chi connectivity index (χ1v) is 12.4. The highest BCUT2D eigenvalue weighted by molar-refractivity contribution is 6.30. The van der Waals surface area contributed by atoms with Gasteiger partial charge in [0.2, 0.25) is 12.7 Å². The van der Waals surface area contributed by atoms with Gasteiger partial charge in [0.15, 0.2) is 17.3 Å². The predicted molar refractivity (Wildman–Crippen MR) is 136 cm³/mol. The lowest BCUT2D eigenvalue weighted by atomic mass is 10.1. The zero-order valence-electron chi connectivity index (χ0n) is 20.2. The molecule has 0 saturated carbocycles. The van der Waals surface area contributed by atoms with Crippen LogP contribution in [0.15, 0.2) is 47.0 Å². The van der Waals surface area contributed by atoms with E-state index < -0.39 is 0 Å². The van der Waals surface area contributed by atoms with Gasteiger partial charge in [-0.05, 0) is 42.8 Å². The number of amides is 1. The first-order valence-electron chi connectivity index (χ1n) is 12.0. The second-order valence-electron chi connectivity index (χ2n) is 8.85. The van der Waals surface area contributed by atoms with E-state index in [9.17, 15) is 4.79 Å². The van der Waals surface area contributed by atoms with Gasteiger partial charge in [-0.3, -0.25) is 9.69 Å². The van der Waals surface area contributed by atoms with Gasteiger partial charge < -0.3 is 29.0 Å². The summed E-state index contributed by atoms with van der Waals surface area (Å²) in [6.07, 6.45) is 0. The molecule has 0 spiro atoms. The molecule has 0 bridgehead atoms. The number of carbonyl (C=O) groups excluding carboxylic acids is 1. The van der Waals surface area contributed by atoms with Gasteiger partial charge in [-0.15, -0.1) is 0 Å². The molecule has 5 rings (SSSR count). The van der Waals surface area contributed by atoms with Crippen molar-refractivity contribution in [1.29, 1.82) is 0 Å². The number of fused-ring (bicyclic) bond motifs is 1. The van der Waals surface area contributed by atoms with Crippen molar-refractivity contribution in [2.45, 2.75) is 13.5 Å². The van der Waals surface area contributed by atoms with Crippen molar-refractivity contribution < 1.29 is 23.5 Å². The third kappa shape index (κ3) is 5.92. The molecule has 9 nitrogen and oxygen atoms in total. The standard InChI is InChI=1S/C26H29ClN4O5/c1-18-2-4-20(27)13-22(18)31-10-8-30(9-11-31)7-6-28-26(32)16-33-15-21-14-24(36-29-21)19-3-5-23-25(12-19)35-17-34-23/h2-5,12-14H,6-11,15-17H2,1H3,(H,28,32). The number of piperazine rings is 1. The molecule has 190 valence electrons. The van der Waals surface area contributed by atoms with Crippen LogP contribution in [0.1, 0.15) is 11.3 Å². The van der Waals surface area contributed by atoms with Crippen LogP contribution >= 0.6 is 11.6 Å². The summed E-state index contributed by atoms with van der Waals surface area (Å²) >= 11 is 6.17. The van der Waals surface area contributed by atoms with Crippen LogP contribution in [0.3, 0.4) is 0 Å². The number of benzene rings is 2. The Labute approximate surface area is 214 Å². The van der Waals surface area contributed by atoms with Crippen LogP contribution in [-0.4, -0.2) is 68.6 Å². The average Bonchev–Trinajstić information content (AvgIpc) is 3.55. The van der Waals surface area contributed by atoms with E-state index in [2.05, 4.69) is 33.3 Å². The Balaban J connectivity index is 0.986. The number of halogens is 1. The van der Waals surface area contributed by atoms with E-state index in [4.69, 9.17) is 30.3 Å². The normalized spacial score (nSPS) is 15.3. The molecule has 10 heteroatoms. The van der Waals surface area contributed by atoms with Crippen molar-refractivity contribution in [1.82, 2.24) is 15.4 Å². The van der Waals surface area contributed by atoms with Gasteiger partial charge in [0.05, 0.1) is 6.61 Å². The van der Waals surface area contributed by atoms with Crippen molar-refractivity contribution in [2.75, 3.05) is 57.6 Å². The highest BCUT2D eigenvalue weighted by Crippen LogP contribution is 2.36. The molecule has 1 fully saturated rings. The number of anilines is 1. The summed E-state index contributed by atoms with van der Waals surface area (Å²) < 4.78 is 21.7. The summed E-state index contributed by atoms with van der Waals surface area (Å²) in [5.74, 6) is 1.84. The number of rotatable bonds is 9. The van der Waals surface area contributed by atoms with Crippen LogP contribution in [0.2, 0.25) is 5.02 Å². The summed E-state index contributed by atoms with van der Waals surface area (Å²) in [4.78, 5) is 16.9. The average molecular weight is 513 g/mol. The molecule has 0 atom stereocenters. The molecule has 2 aliphatic heterocycles. The quantitative estimate of drug-likeness (QED) is 0.466. The molecule has 1 aromatic heterocycles. The number of aryl methyl sites for hydroxylation is 1. The van der Waals surface area contributed by atoms with Gasteiger partial charge >= 0.3 is 0 Å². The largest absolute Gasteiger partial charge is 0.454 e. The molecule has 1 amide bonds. The maximum Gasteiger partial charge on any atom is 0.246 e. The maximum absolute atomic E-state index is 12.2. The number of carbonyl (C=O) groups is 1. The lowest BCUT2D eigenvalue weighted by molar-refractivity contribution is -0.126. The van der Waals surface area contributed by atoms with E-state index in [0.717, 1.165) is 43.3 Å². The number of ether oxygens (including phenoxy) is 3. The molecule has 0 radical (unpaired) electrons. The van der Waals surface area contributed by atoms with E-state index >= 15 is 0 Å². The van der Waals surface area contributed by atoms with Crippen molar-refractivity contribution in [3.63, 3.8) is 0 Å². The molecule has 3 aromatic rings. The molecule has 1 saturated heterocycles. The Morgan fingerprint density at radius 3 is 2.78 bits per heavy atom. The molecule has 0 aliphatic carbocycles. The molecule has 1 N–H and O–H groups in total. The second kappa shape index (κ2) is 11.2. The van der Waals surface area contributed by atoms with Crippen LogP contribution in [0, 0.1) is 6.92 Å². The SMILES string of the molecule is Cc1ccc(Cl)cc1N1CCN(CCNC(=O)COCc2cc(-c3ccc4c(c3)OCO4)on2)CC1. The summed E-state index contributed by atoms with van der Waals surface area (Å²) in [6.45, 7) is 7.61. The topological polar surface area (TPSA) is 89.3 Å². The fourth-order valence-corrected chi connectivity index (χ4v) is 4.52. The highest BCUT2D eigenvalue weighted by Gasteiger charge is 2.19. The first kappa shape index (κ1) is 24.4. The Kier molecular flexibility index (Phi) is 7.60. The Hall–Kier alpha value is -3.27. The van der Waals surface area contributed by atoms with E-state index in [-0.39, 0.29) is 25.9 Å². The third-order valence-corrected chi connectivity index (χ3v) is 6.57. The smallest absolute Gasteiger partial charge is 0.246 e. The zero-order valence-corrected chi connectivity index (χ0v) is 20.9. The van der Waals surface area contributed by atoms with Gasteiger partial charge in [0, 0.05) is 61.6 Å². The van der Waals surface area contributed by atoms with Gasteiger partial charge in [-0.2, -0.15) is 0 Å². The minimum atomic E-state index is -0.150. The number of hydrogen-bond donors (Lipinski definition) is 1. The van der Waals surface area contributed by atoms with E-state index in [0.29, 0.717) is 29.5 Å². The molecule has 2 aliphatic rings. The van der Waals surface area contributed by atoms with Crippen LogP contribution in [0.5, 0.6) is 11.5 Å². The second-order valence-corrected chi connectivity index (χ2v) is 9.29. The van der Waals surface area contributed by atoms with E-state index in [1.165, 1.54) is 11.3 Å². The van der Waals surface area contributed by atoms with E-state index in [1.54, 1.807) is 6.07 Å². The van der Waals surface area contributed by atoms with Crippen molar-refractivity contribution in [2.24, 2.45) is 0 Å². The van der Waals surface area contributed by atoms with Gasteiger partial charge in [0.25, 0.3) is 0 Å². The zero-order chi connectivity index (χ0) is 24.9. The monoisotopic (exact) mass is 512 g/mol. The van der Waals surface area contributed by atoms with Crippen molar-refractivity contribution in [3.8, 4) is 22.8 Å². The molecule has 3 heterocycles. The number of nitrogens with one attached hydrogen (secondary N) is 1. The van der Waals surface area contributed by atoms with Gasteiger partial charge in [-0.1, -0.05) is 22.8 Å². The lowest BCUT2D eigenvalue weighted by Gasteiger charge is -2.36. The minimum Gasteiger partial charge on any atom is -0.454 e. The van der Waals surface area contributed by atoms with Crippen molar-refractivity contribution >= 4 is 23.2 Å². The maximum atomic E-state index is 12.2. The summed E-state index contributed by atoms with van der Waals surface area (Å²) in [5.41, 5.74) is 3.88. The van der Waals surface area contributed by atoms with Crippen LogP contribution in [-0.2, 0) is 16.1 Å². The van der Waals surface area contributed by atoms with Crippen LogP contribution in [0.4, 0.5) is 5.69 Å². The van der Waals surface area contributed by atoms with Gasteiger partial charge in [0.1, 0.15) is 12.3 Å².